The van der Waals surface area contributed by atoms with E-state index in [2.05, 4.69) is 6.92 Å². The van der Waals surface area contributed by atoms with Gasteiger partial charge in [-0.3, -0.25) is 4.79 Å². The van der Waals surface area contributed by atoms with Crippen LogP contribution in [0.1, 0.15) is 58.8 Å². The molecule has 90 valence electrons. The molecule has 0 aromatic heterocycles. The molecule has 0 bridgehead atoms. The van der Waals surface area contributed by atoms with Crippen LogP contribution in [0.2, 0.25) is 0 Å². The average molecular weight is 216 g/mol. The van der Waals surface area contributed by atoms with Crippen LogP contribution in [-0.4, -0.2) is 23.8 Å². The Balaban J connectivity index is 3.30. The molecular formula is C12H24O3. The first-order chi connectivity index (χ1) is 7.20. The largest absolute Gasteiger partial charge is 0.466 e. The van der Waals surface area contributed by atoms with Crippen molar-refractivity contribution in [3.05, 3.63) is 0 Å². The van der Waals surface area contributed by atoms with Crippen LogP contribution in [0.5, 0.6) is 0 Å². The number of carbonyl (C=O) groups is 1. The molecule has 1 atom stereocenters. The van der Waals surface area contributed by atoms with Crippen molar-refractivity contribution in [1.29, 1.82) is 0 Å². The third-order valence-corrected chi connectivity index (χ3v) is 2.30. The van der Waals surface area contributed by atoms with Gasteiger partial charge in [-0.25, -0.2) is 0 Å². The van der Waals surface area contributed by atoms with Crippen LogP contribution >= 0.6 is 0 Å². The van der Waals surface area contributed by atoms with E-state index >= 15 is 0 Å². The summed E-state index contributed by atoms with van der Waals surface area (Å²) < 4.78 is 5.00. The normalized spacial score (nSPS) is 12.5. The smallest absolute Gasteiger partial charge is 0.305 e. The number of rotatable bonds is 9. The van der Waals surface area contributed by atoms with E-state index < -0.39 is 0 Å². The van der Waals surface area contributed by atoms with E-state index in [4.69, 9.17) is 4.74 Å². The zero-order valence-corrected chi connectivity index (χ0v) is 10.00. The van der Waals surface area contributed by atoms with Crippen molar-refractivity contribution in [2.24, 2.45) is 0 Å². The predicted octanol–water partition coefficient (Wildman–Crippen LogP) is 2.66. The molecule has 0 fully saturated rings. The van der Waals surface area contributed by atoms with Crippen LogP contribution in [0.3, 0.4) is 0 Å². The highest BCUT2D eigenvalue weighted by Crippen LogP contribution is 2.07. The molecule has 0 aliphatic heterocycles. The summed E-state index contributed by atoms with van der Waals surface area (Å²) in [6, 6.07) is 0. The second-order valence-electron chi connectivity index (χ2n) is 3.91. The molecule has 3 nitrogen and oxygen atoms in total. The van der Waals surface area contributed by atoms with Crippen molar-refractivity contribution in [1.82, 2.24) is 0 Å². The Bertz CT molecular complexity index is 157. The van der Waals surface area contributed by atoms with Gasteiger partial charge < -0.3 is 9.84 Å². The number of aliphatic hydroxyl groups excluding tert-OH is 1. The molecule has 1 N–H and O–H groups in total. The number of carbonyl (C=O) groups excluding carboxylic acids is 1. The van der Waals surface area contributed by atoms with Gasteiger partial charge in [0.15, 0.2) is 0 Å². The van der Waals surface area contributed by atoms with E-state index in [0.717, 1.165) is 32.1 Å². The Morgan fingerprint density at radius 2 is 1.93 bits per heavy atom. The minimum Gasteiger partial charge on any atom is -0.466 e. The third-order valence-electron chi connectivity index (χ3n) is 2.30. The average Bonchev–Trinajstić information content (AvgIpc) is 2.18. The highest BCUT2D eigenvalue weighted by atomic mass is 16.5. The van der Waals surface area contributed by atoms with Gasteiger partial charge in [-0.1, -0.05) is 26.7 Å². The molecule has 0 saturated heterocycles. The highest BCUT2D eigenvalue weighted by Gasteiger charge is 2.06. The van der Waals surface area contributed by atoms with Crippen molar-refractivity contribution < 1.29 is 14.6 Å². The molecule has 0 radical (unpaired) electrons. The van der Waals surface area contributed by atoms with Gasteiger partial charge >= 0.3 is 5.97 Å². The van der Waals surface area contributed by atoms with Crippen molar-refractivity contribution in [2.45, 2.75) is 64.9 Å². The summed E-state index contributed by atoms with van der Waals surface area (Å²) in [5.74, 6) is -0.132. The van der Waals surface area contributed by atoms with E-state index in [1.54, 1.807) is 0 Å². The molecule has 0 aliphatic carbocycles. The van der Waals surface area contributed by atoms with E-state index in [9.17, 15) is 9.90 Å². The molecule has 0 saturated carbocycles. The highest BCUT2D eigenvalue weighted by molar-refractivity contribution is 5.69. The first kappa shape index (κ1) is 14.4. The quantitative estimate of drug-likeness (QED) is 0.476. The summed E-state index contributed by atoms with van der Waals surface area (Å²) in [7, 11) is 0. The van der Waals surface area contributed by atoms with E-state index in [1.165, 1.54) is 0 Å². The molecule has 0 rings (SSSR count). The summed E-state index contributed by atoms with van der Waals surface area (Å²) in [6.07, 6.45) is 5.41. The maximum absolute atomic E-state index is 11.2. The van der Waals surface area contributed by atoms with E-state index in [1.807, 2.05) is 6.92 Å². The topological polar surface area (TPSA) is 46.5 Å². The standard InChI is InChI=1S/C12H24O3/c1-3-5-10-15-12(14)9-6-8-11(13)7-4-2/h11,13H,3-10H2,1-2H3. The zero-order valence-electron chi connectivity index (χ0n) is 10.00. The van der Waals surface area contributed by atoms with Crippen LogP contribution in [0, 0.1) is 0 Å². The van der Waals surface area contributed by atoms with E-state index in [0.29, 0.717) is 19.4 Å². The zero-order chi connectivity index (χ0) is 11.5. The molecule has 0 aromatic carbocycles. The Labute approximate surface area is 92.8 Å². The summed E-state index contributed by atoms with van der Waals surface area (Å²) >= 11 is 0. The number of hydrogen-bond donors (Lipinski definition) is 1. The Morgan fingerprint density at radius 1 is 1.20 bits per heavy atom. The lowest BCUT2D eigenvalue weighted by Gasteiger charge is -2.08. The number of ether oxygens (including phenoxy) is 1. The van der Waals surface area contributed by atoms with Crippen LogP contribution < -0.4 is 0 Å². The molecule has 0 aromatic rings. The number of aliphatic hydroxyl groups is 1. The van der Waals surface area contributed by atoms with Gasteiger partial charge in [-0.15, -0.1) is 0 Å². The fourth-order valence-corrected chi connectivity index (χ4v) is 1.36. The van der Waals surface area contributed by atoms with E-state index in [-0.39, 0.29) is 12.1 Å². The number of unbranched alkanes of at least 4 members (excludes halogenated alkanes) is 1. The first-order valence-electron chi connectivity index (χ1n) is 6.04. The Morgan fingerprint density at radius 3 is 2.53 bits per heavy atom. The van der Waals surface area contributed by atoms with Gasteiger partial charge in [-0.05, 0) is 25.7 Å². The van der Waals surface area contributed by atoms with Gasteiger partial charge in [0.1, 0.15) is 0 Å². The monoisotopic (exact) mass is 216 g/mol. The molecule has 0 amide bonds. The number of esters is 1. The second-order valence-corrected chi connectivity index (χ2v) is 3.91. The lowest BCUT2D eigenvalue weighted by Crippen LogP contribution is -2.09. The van der Waals surface area contributed by atoms with Gasteiger partial charge in [0.2, 0.25) is 0 Å². The van der Waals surface area contributed by atoms with Crippen molar-refractivity contribution in [3.8, 4) is 0 Å². The van der Waals surface area contributed by atoms with Gasteiger partial charge in [0.05, 0.1) is 12.7 Å². The fourth-order valence-electron chi connectivity index (χ4n) is 1.36. The van der Waals surface area contributed by atoms with Gasteiger partial charge in [0.25, 0.3) is 0 Å². The summed E-state index contributed by atoms with van der Waals surface area (Å²) in [5.41, 5.74) is 0. The molecule has 1 unspecified atom stereocenters. The van der Waals surface area contributed by atoms with Gasteiger partial charge in [-0.2, -0.15) is 0 Å². The second kappa shape index (κ2) is 9.97. The molecular weight excluding hydrogens is 192 g/mol. The van der Waals surface area contributed by atoms with Crippen LogP contribution in [-0.2, 0) is 9.53 Å². The Kier molecular flexibility index (Phi) is 9.59. The van der Waals surface area contributed by atoms with Crippen LogP contribution in [0.25, 0.3) is 0 Å². The maximum Gasteiger partial charge on any atom is 0.305 e. The molecule has 0 spiro atoms. The molecule has 15 heavy (non-hydrogen) atoms. The van der Waals surface area contributed by atoms with Crippen LogP contribution in [0.4, 0.5) is 0 Å². The molecule has 0 heterocycles. The lowest BCUT2D eigenvalue weighted by molar-refractivity contribution is -0.143. The lowest BCUT2D eigenvalue weighted by atomic mass is 10.1. The minimum atomic E-state index is -0.251. The van der Waals surface area contributed by atoms with Crippen molar-refractivity contribution in [3.63, 3.8) is 0 Å². The maximum atomic E-state index is 11.2. The van der Waals surface area contributed by atoms with Crippen molar-refractivity contribution in [2.75, 3.05) is 6.61 Å². The number of hydrogen-bond acceptors (Lipinski definition) is 3. The SMILES string of the molecule is CCCCOC(=O)CCCC(O)CCC. The Hall–Kier alpha value is -0.570. The summed E-state index contributed by atoms with van der Waals surface area (Å²) in [4.78, 5) is 11.2. The van der Waals surface area contributed by atoms with Crippen molar-refractivity contribution >= 4 is 5.97 Å². The van der Waals surface area contributed by atoms with Gasteiger partial charge in [0, 0.05) is 6.42 Å². The fraction of sp³-hybridized carbons (Fsp3) is 0.917. The predicted molar refractivity (Wildman–Crippen MR) is 60.6 cm³/mol. The first-order valence-corrected chi connectivity index (χ1v) is 6.04. The molecule has 0 aliphatic rings. The van der Waals surface area contributed by atoms with Crippen LogP contribution in [0.15, 0.2) is 0 Å². The minimum absolute atomic E-state index is 0.132. The summed E-state index contributed by atoms with van der Waals surface area (Å²) in [5, 5.41) is 9.42. The molecule has 3 heteroatoms. The summed E-state index contributed by atoms with van der Waals surface area (Å²) in [6.45, 7) is 4.64. The third kappa shape index (κ3) is 9.73.